The van der Waals surface area contributed by atoms with Crippen molar-refractivity contribution >= 4 is 50.9 Å². The summed E-state index contributed by atoms with van der Waals surface area (Å²) in [5.74, 6) is 0.711. The SMILES string of the molecule is O=C(c1cccc(Cl)c1Cl)N1CCN2C(=NNC2Br)C1. The minimum Gasteiger partial charge on any atom is -0.329 e. The van der Waals surface area contributed by atoms with Crippen molar-refractivity contribution in [3.63, 3.8) is 0 Å². The van der Waals surface area contributed by atoms with E-state index in [1.54, 1.807) is 23.1 Å². The third kappa shape index (κ3) is 2.36. The van der Waals surface area contributed by atoms with Crippen LogP contribution in [0, 0.1) is 0 Å². The molecule has 0 aromatic heterocycles. The number of hydrogen-bond acceptors (Lipinski definition) is 4. The molecule has 0 aliphatic carbocycles. The quantitative estimate of drug-likeness (QED) is 0.603. The number of hydrogen-bond donors (Lipinski definition) is 1. The fraction of sp³-hybridized carbons (Fsp3) is 0.333. The number of fused-ring (bicyclic) bond motifs is 1. The molecule has 0 spiro atoms. The van der Waals surface area contributed by atoms with Crippen molar-refractivity contribution in [3.05, 3.63) is 33.8 Å². The van der Waals surface area contributed by atoms with Gasteiger partial charge < -0.3 is 9.80 Å². The van der Waals surface area contributed by atoms with Crippen LogP contribution >= 0.6 is 39.1 Å². The Morgan fingerprint density at radius 3 is 3.00 bits per heavy atom. The van der Waals surface area contributed by atoms with Crippen LogP contribution in [-0.4, -0.2) is 46.3 Å². The van der Waals surface area contributed by atoms with E-state index >= 15 is 0 Å². The molecule has 20 heavy (non-hydrogen) atoms. The molecule has 1 fully saturated rings. The Morgan fingerprint density at radius 1 is 1.40 bits per heavy atom. The standard InChI is InChI=1S/C12H11BrCl2N4O/c13-12-17-16-9-6-18(4-5-19(9)12)11(20)7-2-1-3-8(14)10(7)15/h1-3,12,17H,4-6H2. The van der Waals surface area contributed by atoms with Crippen molar-refractivity contribution in [1.29, 1.82) is 0 Å². The number of rotatable bonds is 1. The molecule has 0 radical (unpaired) electrons. The first-order chi connectivity index (χ1) is 9.58. The summed E-state index contributed by atoms with van der Waals surface area (Å²) in [5.41, 5.74) is 3.35. The fourth-order valence-corrected chi connectivity index (χ4v) is 3.18. The first-order valence-corrected chi connectivity index (χ1v) is 7.71. The zero-order valence-corrected chi connectivity index (χ0v) is 13.4. The van der Waals surface area contributed by atoms with Crippen molar-refractivity contribution in [2.75, 3.05) is 19.6 Å². The molecule has 1 atom stereocenters. The molecule has 2 heterocycles. The van der Waals surface area contributed by atoms with E-state index in [1.807, 2.05) is 0 Å². The number of hydrazone groups is 1. The number of amidine groups is 1. The average Bonchev–Trinajstić information content (AvgIpc) is 2.82. The second-order valence-electron chi connectivity index (χ2n) is 4.51. The molecule has 5 nitrogen and oxygen atoms in total. The van der Waals surface area contributed by atoms with Gasteiger partial charge in [0.15, 0.2) is 5.08 Å². The zero-order valence-electron chi connectivity index (χ0n) is 10.3. The van der Waals surface area contributed by atoms with E-state index < -0.39 is 0 Å². The molecule has 1 unspecified atom stereocenters. The van der Waals surface area contributed by atoms with E-state index in [4.69, 9.17) is 23.2 Å². The maximum absolute atomic E-state index is 12.5. The number of nitrogens with one attached hydrogen (secondary N) is 1. The Hall–Kier alpha value is -0.980. The van der Waals surface area contributed by atoms with Crippen LogP contribution in [0.3, 0.4) is 0 Å². The Morgan fingerprint density at radius 2 is 2.20 bits per heavy atom. The number of piperazine rings is 1. The third-order valence-corrected chi connectivity index (χ3v) is 4.84. The number of nitrogens with zero attached hydrogens (tertiary/aromatic N) is 3. The third-order valence-electron chi connectivity index (χ3n) is 3.32. The van der Waals surface area contributed by atoms with Crippen LogP contribution in [0.15, 0.2) is 23.3 Å². The summed E-state index contributed by atoms with van der Waals surface area (Å²) in [6.07, 6.45) is 0. The molecular weight excluding hydrogens is 367 g/mol. The van der Waals surface area contributed by atoms with E-state index in [2.05, 4.69) is 31.4 Å². The van der Waals surface area contributed by atoms with Crippen molar-refractivity contribution in [1.82, 2.24) is 15.2 Å². The highest BCUT2D eigenvalue weighted by Gasteiger charge is 2.33. The molecule has 2 aliphatic heterocycles. The number of alkyl halides is 1. The van der Waals surface area contributed by atoms with Gasteiger partial charge in [-0.1, -0.05) is 29.3 Å². The Bertz CT molecular complexity index is 595. The minimum absolute atomic E-state index is 0.00418. The molecule has 0 bridgehead atoms. The van der Waals surface area contributed by atoms with Gasteiger partial charge in [-0.25, -0.2) is 0 Å². The lowest BCUT2D eigenvalue weighted by atomic mass is 10.1. The number of halogens is 3. The Labute approximate surface area is 134 Å². The second-order valence-corrected chi connectivity index (χ2v) is 6.17. The molecule has 1 saturated heterocycles. The van der Waals surface area contributed by atoms with Gasteiger partial charge >= 0.3 is 0 Å². The highest BCUT2D eigenvalue weighted by molar-refractivity contribution is 9.09. The molecule has 106 valence electrons. The topological polar surface area (TPSA) is 47.9 Å². The van der Waals surface area contributed by atoms with Gasteiger partial charge in [0.2, 0.25) is 0 Å². The van der Waals surface area contributed by atoms with E-state index in [-0.39, 0.29) is 11.0 Å². The Balaban J connectivity index is 1.80. The van der Waals surface area contributed by atoms with Gasteiger partial charge in [0.05, 0.1) is 22.2 Å². The van der Waals surface area contributed by atoms with Crippen LogP contribution in [-0.2, 0) is 0 Å². The lowest BCUT2D eigenvalue weighted by Gasteiger charge is -2.34. The molecule has 1 amide bonds. The van der Waals surface area contributed by atoms with Crippen LogP contribution in [0.1, 0.15) is 10.4 Å². The highest BCUT2D eigenvalue weighted by Crippen LogP contribution is 2.27. The van der Waals surface area contributed by atoms with Crippen molar-refractivity contribution in [3.8, 4) is 0 Å². The van der Waals surface area contributed by atoms with Gasteiger partial charge in [-0.2, -0.15) is 5.10 Å². The van der Waals surface area contributed by atoms with Crippen molar-refractivity contribution < 1.29 is 4.79 Å². The lowest BCUT2D eigenvalue weighted by Crippen LogP contribution is -2.52. The predicted molar refractivity (Wildman–Crippen MR) is 82.4 cm³/mol. The summed E-state index contributed by atoms with van der Waals surface area (Å²) in [7, 11) is 0. The smallest absolute Gasteiger partial charge is 0.255 e. The number of carbonyl (C=O) groups is 1. The van der Waals surface area contributed by atoms with Crippen LogP contribution < -0.4 is 5.43 Å². The monoisotopic (exact) mass is 376 g/mol. The maximum Gasteiger partial charge on any atom is 0.255 e. The van der Waals surface area contributed by atoms with Crippen LogP contribution in [0.2, 0.25) is 10.0 Å². The summed E-state index contributed by atoms with van der Waals surface area (Å²) in [4.78, 5) is 16.3. The lowest BCUT2D eigenvalue weighted by molar-refractivity contribution is 0.0746. The fourth-order valence-electron chi connectivity index (χ4n) is 2.25. The van der Waals surface area contributed by atoms with Gasteiger partial charge in [-0.05, 0) is 28.1 Å². The first kappa shape index (κ1) is 14.0. The molecule has 3 rings (SSSR count). The molecule has 1 N–H and O–H groups in total. The van der Waals surface area contributed by atoms with Gasteiger partial charge in [-0.15, -0.1) is 0 Å². The maximum atomic E-state index is 12.5. The van der Waals surface area contributed by atoms with Gasteiger partial charge in [0.1, 0.15) is 5.84 Å². The Kier molecular flexibility index (Phi) is 3.79. The largest absolute Gasteiger partial charge is 0.329 e. The predicted octanol–water partition coefficient (Wildman–Crippen LogP) is 2.35. The van der Waals surface area contributed by atoms with E-state index in [0.717, 1.165) is 5.84 Å². The summed E-state index contributed by atoms with van der Waals surface area (Å²) in [5, 5.41) is 4.89. The summed E-state index contributed by atoms with van der Waals surface area (Å²) in [6, 6.07) is 5.07. The average molecular weight is 378 g/mol. The van der Waals surface area contributed by atoms with Crippen LogP contribution in [0.5, 0.6) is 0 Å². The second kappa shape index (κ2) is 5.42. The highest BCUT2D eigenvalue weighted by atomic mass is 79.9. The molecule has 1 aromatic carbocycles. The van der Waals surface area contributed by atoms with Gasteiger partial charge in [0.25, 0.3) is 5.91 Å². The minimum atomic E-state index is -0.127. The van der Waals surface area contributed by atoms with E-state index in [0.29, 0.717) is 35.2 Å². The molecule has 0 saturated carbocycles. The van der Waals surface area contributed by atoms with E-state index in [9.17, 15) is 4.79 Å². The van der Waals surface area contributed by atoms with Crippen LogP contribution in [0.25, 0.3) is 0 Å². The number of benzene rings is 1. The molecule has 8 heteroatoms. The summed E-state index contributed by atoms with van der Waals surface area (Å²) >= 11 is 15.5. The van der Waals surface area contributed by atoms with Gasteiger partial charge in [-0.3, -0.25) is 10.2 Å². The molecule has 1 aromatic rings. The van der Waals surface area contributed by atoms with Crippen molar-refractivity contribution in [2.45, 2.75) is 5.08 Å². The van der Waals surface area contributed by atoms with Gasteiger partial charge in [0, 0.05) is 13.1 Å². The number of carbonyl (C=O) groups excluding carboxylic acids is 1. The number of amides is 1. The summed E-state index contributed by atoms with van der Waals surface area (Å²) < 4.78 is 0. The van der Waals surface area contributed by atoms with Crippen molar-refractivity contribution in [2.24, 2.45) is 5.10 Å². The first-order valence-electron chi connectivity index (χ1n) is 6.04. The molecule has 2 aliphatic rings. The van der Waals surface area contributed by atoms with E-state index in [1.165, 1.54) is 0 Å². The molecular formula is C12H11BrCl2N4O. The van der Waals surface area contributed by atoms with Crippen LogP contribution in [0.4, 0.5) is 0 Å². The summed E-state index contributed by atoms with van der Waals surface area (Å²) in [6.45, 7) is 1.78. The normalized spacial score (nSPS) is 21.4. The zero-order chi connectivity index (χ0) is 14.3.